The van der Waals surface area contributed by atoms with Crippen LogP contribution in [0.25, 0.3) is 0 Å². The first-order valence-electron chi connectivity index (χ1n) is 9.06. The minimum atomic E-state index is -3.36. The Hall–Kier alpha value is -1.97. The number of aryl methyl sites for hydroxylation is 1. The average Bonchev–Trinajstić information content (AvgIpc) is 3.03. The molecule has 10 heteroatoms. The number of carbonyl (C=O) groups excluding carboxylic acids is 1. The summed E-state index contributed by atoms with van der Waals surface area (Å²) in [7, 11) is -1.62. The standard InChI is InChI=1S/C18H25N5O3S.ClH/c1-12(2)27(25,26)15-6-4-14(5-7-15)17(24)21-18-20-16(22-23(18)3)13-8-10-19-11-9-13;/h4-7,12-13,19H,8-11H2,1-3H3,(H,20,21,22,24);1H. The summed E-state index contributed by atoms with van der Waals surface area (Å²) in [5.41, 5.74) is 0.365. The fraction of sp³-hybridized carbons (Fsp3) is 0.500. The van der Waals surface area contributed by atoms with Gasteiger partial charge in [0.25, 0.3) is 5.91 Å². The van der Waals surface area contributed by atoms with Gasteiger partial charge in [-0.2, -0.15) is 10.1 Å². The lowest BCUT2D eigenvalue weighted by atomic mass is 9.98. The lowest BCUT2D eigenvalue weighted by molar-refractivity contribution is 0.102. The molecule has 1 aromatic carbocycles. The molecule has 0 saturated carbocycles. The molecule has 154 valence electrons. The fourth-order valence-corrected chi connectivity index (χ4v) is 4.07. The number of halogens is 1. The number of hydrogen-bond donors (Lipinski definition) is 2. The summed E-state index contributed by atoms with van der Waals surface area (Å²) >= 11 is 0. The molecule has 1 aromatic heterocycles. The predicted octanol–water partition coefficient (Wildman–Crippen LogP) is 2.14. The molecule has 1 aliphatic rings. The first-order chi connectivity index (χ1) is 12.8. The SMILES string of the molecule is CC(C)S(=O)(=O)c1ccc(C(=O)Nc2nc(C3CCNCC3)nn2C)cc1.Cl. The number of carbonyl (C=O) groups is 1. The van der Waals surface area contributed by atoms with Gasteiger partial charge in [0.1, 0.15) is 0 Å². The van der Waals surface area contributed by atoms with Gasteiger partial charge in [0.15, 0.2) is 15.7 Å². The van der Waals surface area contributed by atoms with E-state index in [2.05, 4.69) is 20.7 Å². The van der Waals surface area contributed by atoms with E-state index >= 15 is 0 Å². The maximum atomic E-state index is 12.5. The van der Waals surface area contributed by atoms with Crippen LogP contribution in [0.15, 0.2) is 29.2 Å². The van der Waals surface area contributed by atoms with Crippen LogP contribution in [-0.2, 0) is 16.9 Å². The number of rotatable bonds is 5. The van der Waals surface area contributed by atoms with Crippen molar-refractivity contribution >= 4 is 34.1 Å². The molecular weight excluding hydrogens is 402 g/mol. The Kier molecular flexibility index (Phi) is 7.19. The second-order valence-corrected chi connectivity index (χ2v) is 9.52. The maximum Gasteiger partial charge on any atom is 0.258 e. The Morgan fingerprint density at radius 3 is 2.39 bits per heavy atom. The van der Waals surface area contributed by atoms with Crippen molar-refractivity contribution in [1.82, 2.24) is 20.1 Å². The van der Waals surface area contributed by atoms with E-state index in [1.54, 1.807) is 25.6 Å². The highest BCUT2D eigenvalue weighted by molar-refractivity contribution is 7.92. The van der Waals surface area contributed by atoms with Gasteiger partial charge in [-0.1, -0.05) is 0 Å². The van der Waals surface area contributed by atoms with Gasteiger partial charge >= 0.3 is 0 Å². The molecule has 1 aliphatic heterocycles. The predicted molar refractivity (Wildman–Crippen MR) is 110 cm³/mol. The molecule has 2 N–H and O–H groups in total. The van der Waals surface area contributed by atoms with E-state index in [1.807, 2.05) is 0 Å². The summed E-state index contributed by atoms with van der Waals surface area (Å²) in [5, 5.41) is 9.98. The molecule has 0 aliphatic carbocycles. The van der Waals surface area contributed by atoms with Crippen molar-refractivity contribution in [2.75, 3.05) is 18.4 Å². The first kappa shape index (κ1) is 22.3. The van der Waals surface area contributed by atoms with Gasteiger partial charge in [-0.25, -0.2) is 13.1 Å². The van der Waals surface area contributed by atoms with Crippen LogP contribution in [0.5, 0.6) is 0 Å². The van der Waals surface area contributed by atoms with E-state index in [4.69, 9.17) is 0 Å². The smallest absolute Gasteiger partial charge is 0.258 e. The normalized spacial score (nSPS) is 15.3. The summed E-state index contributed by atoms with van der Waals surface area (Å²) in [6.45, 7) is 5.14. The topological polar surface area (TPSA) is 106 Å². The van der Waals surface area contributed by atoms with Gasteiger partial charge in [-0.05, 0) is 64.0 Å². The molecule has 1 fully saturated rings. The molecule has 1 amide bonds. The van der Waals surface area contributed by atoms with E-state index in [0.717, 1.165) is 31.8 Å². The van der Waals surface area contributed by atoms with Gasteiger partial charge in [0.05, 0.1) is 10.1 Å². The van der Waals surface area contributed by atoms with Crippen molar-refractivity contribution < 1.29 is 13.2 Å². The molecule has 0 bridgehead atoms. The molecule has 1 saturated heterocycles. The van der Waals surface area contributed by atoms with Crippen molar-refractivity contribution in [2.24, 2.45) is 7.05 Å². The van der Waals surface area contributed by atoms with Crippen molar-refractivity contribution in [3.63, 3.8) is 0 Å². The zero-order valence-corrected chi connectivity index (χ0v) is 17.8. The lowest BCUT2D eigenvalue weighted by Gasteiger charge is -2.19. The fourth-order valence-electron chi connectivity index (χ4n) is 3.01. The second-order valence-electron chi connectivity index (χ2n) is 7.01. The molecule has 28 heavy (non-hydrogen) atoms. The van der Waals surface area contributed by atoms with Crippen LogP contribution >= 0.6 is 12.4 Å². The van der Waals surface area contributed by atoms with Crippen LogP contribution < -0.4 is 10.6 Å². The Morgan fingerprint density at radius 2 is 1.82 bits per heavy atom. The number of aromatic nitrogens is 3. The summed E-state index contributed by atoms with van der Waals surface area (Å²) in [6, 6.07) is 5.94. The monoisotopic (exact) mass is 427 g/mol. The van der Waals surface area contributed by atoms with E-state index in [0.29, 0.717) is 17.4 Å². The van der Waals surface area contributed by atoms with Crippen molar-refractivity contribution in [1.29, 1.82) is 0 Å². The van der Waals surface area contributed by atoms with Crippen LogP contribution in [0.3, 0.4) is 0 Å². The third-order valence-corrected chi connectivity index (χ3v) is 6.95. The lowest BCUT2D eigenvalue weighted by Crippen LogP contribution is -2.27. The molecular formula is C18H26ClN5O3S. The Labute approximate surface area is 171 Å². The van der Waals surface area contributed by atoms with Gasteiger partial charge in [-0.15, -0.1) is 12.4 Å². The van der Waals surface area contributed by atoms with E-state index < -0.39 is 15.1 Å². The Bertz CT molecular complexity index is 919. The number of nitrogens with one attached hydrogen (secondary N) is 2. The quantitative estimate of drug-likeness (QED) is 0.757. The number of nitrogens with zero attached hydrogens (tertiary/aromatic N) is 3. The van der Waals surface area contributed by atoms with Gasteiger partial charge in [-0.3, -0.25) is 10.1 Å². The van der Waals surface area contributed by atoms with Crippen LogP contribution in [0.1, 0.15) is 48.8 Å². The molecule has 0 radical (unpaired) electrons. The highest BCUT2D eigenvalue weighted by Gasteiger charge is 2.22. The Balaban J connectivity index is 0.00000280. The van der Waals surface area contributed by atoms with Crippen LogP contribution in [0.2, 0.25) is 0 Å². The van der Waals surface area contributed by atoms with Gasteiger partial charge < -0.3 is 5.32 Å². The van der Waals surface area contributed by atoms with E-state index in [-0.39, 0.29) is 23.2 Å². The highest BCUT2D eigenvalue weighted by Crippen LogP contribution is 2.23. The van der Waals surface area contributed by atoms with Crippen LogP contribution in [0, 0.1) is 0 Å². The molecule has 0 atom stereocenters. The van der Waals surface area contributed by atoms with E-state index in [9.17, 15) is 13.2 Å². The number of benzene rings is 1. The van der Waals surface area contributed by atoms with Crippen molar-refractivity contribution in [2.45, 2.75) is 42.8 Å². The first-order valence-corrected chi connectivity index (χ1v) is 10.6. The number of sulfone groups is 1. The summed E-state index contributed by atoms with van der Waals surface area (Å²) in [6.07, 6.45) is 1.95. The number of anilines is 1. The molecule has 3 rings (SSSR count). The third kappa shape index (κ3) is 4.71. The molecule has 0 unspecified atom stereocenters. The zero-order chi connectivity index (χ0) is 19.6. The second kappa shape index (κ2) is 9.02. The largest absolute Gasteiger partial charge is 0.317 e. The van der Waals surface area contributed by atoms with Crippen LogP contribution in [-0.4, -0.2) is 47.4 Å². The highest BCUT2D eigenvalue weighted by atomic mass is 35.5. The van der Waals surface area contributed by atoms with Gasteiger partial charge in [0.2, 0.25) is 5.95 Å². The summed E-state index contributed by atoms with van der Waals surface area (Å²) in [5.74, 6) is 1.07. The molecule has 8 nitrogen and oxygen atoms in total. The zero-order valence-electron chi connectivity index (χ0n) is 16.2. The van der Waals surface area contributed by atoms with E-state index in [1.165, 1.54) is 24.3 Å². The summed E-state index contributed by atoms with van der Waals surface area (Å²) < 4.78 is 25.9. The number of piperidine rings is 1. The van der Waals surface area contributed by atoms with Crippen molar-refractivity contribution in [3.8, 4) is 0 Å². The minimum absolute atomic E-state index is 0. The molecule has 0 spiro atoms. The molecule has 2 aromatic rings. The Morgan fingerprint density at radius 1 is 1.21 bits per heavy atom. The maximum absolute atomic E-state index is 12.5. The third-order valence-electron chi connectivity index (χ3n) is 4.77. The number of amides is 1. The van der Waals surface area contributed by atoms with Gasteiger partial charge in [0, 0.05) is 18.5 Å². The summed E-state index contributed by atoms with van der Waals surface area (Å²) in [4.78, 5) is 17.2. The molecule has 2 heterocycles. The van der Waals surface area contributed by atoms with Crippen molar-refractivity contribution in [3.05, 3.63) is 35.7 Å². The minimum Gasteiger partial charge on any atom is -0.317 e. The number of hydrogen-bond acceptors (Lipinski definition) is 6. The van der Waals surface area contributed by atoms with Crippen LogP contribution in [0.4, 0.5) is 5.95 Å². The average molecular weight is 428 g/mol.